The van der Waals surface area contributed by atoms with Crippen LogP contribution in [0.25, 0.3) is 11.1 Å². The number of anilines is 1. The van der Waals surface area contributed by atoms with E-state index in [2.05, 4.69) is 34.5 Å². The quantitative estimate of drug-likeness (QED) is 0.0630. The first-order valence-electron chi connectivity index (χ1n) is 14.8. The molecule has 0 aliphatic rings. The number of nitrogens with one attached hydrogen (secondary N) is 3. The number of nitrogens with two attached hydrogens (primary N) is 2. The van der Waals surface area contributed by atoms with Crippen molar-refractivity contribution in [1.29, 1.82) is 5.41 Å². The topological polar surface area (TPSA) is 167 Å². The number of amides is 2. The summed E-state index contributed by atoms with van der Waals surface area (Å²) in [7, 11) is 1.50. The van der Waals surface area contributed by atoms with Crippen LogP contribution < -0.4 is 22.1 Å². The zero-order valence-corrected chi connectivity index (χ0v) is 27.6. The first kappa shape index (κ1) is 41.6. The van der Waals surface area contributed by atoms with E-state index in [1.807, 2.05) is 20.8 Å². The number of aromatic hydroxyl groups is 1. The lowest BCUT2D eigenvalue weighted by atomic mass is 9.94. The number of phenols is 1. The highest BCUT2D eigenvalue weighted by Gasteiger charge is 2.19. The number of aromatic nitrogens is 1. The summed E-state index contributed by atoms with van der Waals surface area (Å²) in [5.74, 6) is -1.74. The molecular formula is C36H46F2N6O3. The highest BCUT2D eigenvalue weighted by atomic mass is 19.1. The van der Waals surface area contributed by atoms with Crippen molar-refractivity contribution >= 4 is 23.7 Å². The van der Waals surface area contributed by atoms with E-state index in [4.69, 9.17) is 11.1 Å². The normalized spacial score (nSPS) is 9.96. The first-order valence-corrected chi connectivity index (χ1v) is 14.8. The van der Waals surface area contributed by atoms with Crippen LogP contribution in [-0.2, 0) is 11.2 Å². The fourth-order valence-corrected chi connectivity index (χ4v) is 4.26. The standard InChI is InChI=1S/C21H17F2N3O2.C10H14N2O.C2H6.C2H4.CH5N/c22-16-7-13(8-17(23)11-16)9-19(26-12-27)20-18(5-2-6-25-20)14-3-1-4-15(10-14)21(24)28;1-3-12-10-6-8(13)4-5-9(10)7(2)11;3*1-2/h1-8,10-12,19H,9H2,(H2,24,28)(H,26,27);4-6,11-13H,3H2,1-2H3;1-2H3;1-2H2;2H2,1H3. The van der Waals surface area contributed by atoms with Crippen molar-refractivity contribution in [2.75, 3.05) is 18.9 Å². The summed E-state index contributed by atoms with van der Waals surface area (Å²) in [4.78, 5) is 27.0. The minimum atomic E-state index is -0.699. The smallest absolute Gasteiger partial charge is 0.248 e. The summed E-state index contributed by atoms with van der Waals surface area (Å²) in [5, 5.41) is 22.5. The van der Waals surface area contributed by atoms with E-state index in [1.165, 1.54) is 19.2 Å². The van der Waals surface area contributed by atoms with Gasteiger partial charge in [-0.2, -0.15) is 0 Å². The van der Waals surface area contributed by atoms with Gasteiger partial charge in [0.15, 0.2) is 0 Å². The number of benzene rings is 3. The minimum absolute atomic E-state index is 0.132. The molecule has 3 aromatic carbocycles. The van der Waals surface area contributed by atoms with Crippen LogP contribution in [0.1, 0.15) is 60.9 Å². The van der Waals surface area contributed by atoms with Crippen molar-refractivity contribution < 1.29 is 23.5 Å². The van der Waals surface area contributed by atoms with Crippen LogP contribution in [0.4, 0.5) is 14.5 Å². The van der Waals surface area contributed by atoms with Crippen LogP contribution in [0.15, 0.2) is 92.2 Å². The lowest BCUT2D eigenvalue weighted by molar-refractivity contribution is -0.110. The summed E-state index contributed by atoms with van der Waals surface area (Å²) in [5.41, 5.74) is 14.6. The Hall–Kier alpha value is -5.42. The molecule has 0 fully saturated rings. The highest BCUT2D eigenvalue weighted by Crippen LogP contribution is 2.29. The number of halogens is 2. The van der Waals surface area contributed by atoms with Gasteiger partial charge in [0.2, 0.25) is 12.3 Å². The number of nitrogens with zero attached hydrogens (tertiary/aromatic N) is 1. The molecule has 0 radical (unpaired) electrons. The number of rotatable bonds is 10. The molecule has 1 atom stereocenters. The van der Waals surface area contributed by atoms with Gasteiger partial charge in [0.05, 0.1) is 11.7 Å². The average Bonchev–Trinajstić information content (AvgIpc) is 3.07. The van der Waals surface area contributed by atoms with E-state index in [0.717, 1.165) is 23.9 Å². The predicted octanol–water partition coefficient (Wildman–Crippen LogP) is 6.77. The van der Waals surface area contributed by atoms with Gasteiger partial charge < -0.3 is 32.6 Å². The maximum absolute atomic E-state index is 13.5. The fraction of sp³-hybridized carbons (Fsp3) is 0.222. The molecule has 0 aliphatic heterocycles. The van der Waals surface area contributed by atoms with Crippen LogP contribution >= 0.6 is 0 Å². The molecule has 0 saturated heterocycles. The Morgan fingerprint density at radius 1 is 1.02 bits per heavy atom. The second kappa shape index (κ2) is 23.0. The third-order valence-corrected chi connectivity index (χ3v) is 6.03. The van der Waals surface area contributed by atoms with Crippen molar-refractivity contribution in [1.82, 2.24) is 10.3 Å². The van der Waals surface area contributed by atoms with Gasteiger partial charge in [0.25, 0.3) is 0 Å². The van der Waals surface area contributed by atoms with Crippen LogP contribution in [-0.4, -0.2) is 41.7 Å². The molecular weight excluding hydrogens is 602 g/mol. The van der Waals surface area contributed by atoms with Crippen molar-refractivity contribution in [2.24, 2.45) is 11.5 Å². The van der Waals surface area contributed by atoms with Gasteiger partial charge in [-0.15, -0.1) is 13.2 Å². The second-order valence-corrected chi connectivity index (χ2v) is 9.09. The molecule has 1 unspecified atom stereocenters. The molecule has 11 heteroatoms. The van der Waals surface area contributed by atoms with E-state index in [0.29, 0.717) is 40.1 Å². The second-order valence-electron chi connectivity index (χ2n) is 9.09. The van der Waals surface area contributed by atoms with Gasteiger partial charge in [0.1, 0.15) is 17.4 Å². The molecule has 47 heavy (non-hydrogen) atoms. The minimum Gasteiger partial charge on any atom is -0.508 e. The maximum Gasteiger partial charge on any atom is 0.248 e. The molecule has 0 saturated carbocycles. The number of carbonyl (C=O) groups is 2. The number of hydrogen-bond donors (Lipinski definition) is 6. The molecule has 0 spiro atoms. The third-order valence-electron chi connectivity index (χ3n) is 6.03. The van der Waals surface area contributed by atoms with Crippen LogP contribution in [0.2, 0.25) is 0 Å². The molecule has 1 aromatic heterocycles. The van der Waals surface area contributed by atoms with Crippen molar-refractivity contribution in [2.45, 2.75) is 40.2 Å². The van der Waals surface area contributed by atoms with Crippen molar-refractivity contribution in [3.63, 3.8) is 0 Å². The van der Waals surface area contributed by atoms with Gasteiger partial charge >= 0.3 is 0 Å². The number of pyridine rings is 1. The van der Waals surface area contributed by atoms with E-state index in [-0.39, 0.29) is 12.2 Å². The molecule has 8 N–H and O–H groups in total. The monoisotopic (exact) mass is 648 g/mol. The number of hydrogen-bond acceptors (Lipinski definition) is 7. The first-order chi connectivity index (χ1) is 22.6. The molecule has 252 valence electrons. The van der Waals surface area contributed by atoms with E-state index < -0.39 is 23.6 Å². The highest BCUT2D eigenvalue weighted by molar-refractivity contribution is 6.01. The summed E-state index contributed by atoms with van der Waals surface area (Å²) in [6.07, 6.45) is 2.20. The molecule has 9 nitrogen and oxygen atoms in total. The Morgan fingerprint density at radius 3 is 2.21 bits per heavy atom. The summed E-state index contributed by atoms with van der Waals surface area (Å²) in [6.45, 7) is 14.5. The average molecular weight is 649 g/mol. The summed E-state index contributed by atoms with van der Waals surface area (Å²) in [6, 6.07) is 17.7. The molecule has 4 rings (SSSR count). The maximum atomic E-state index is 13.5. The SMILES string of the molecule is C=C.CC.CCNc1cc(O)ccc1C(C)=N.CN.NC(=O)c1cccc(-c2cccnc2C(Cc2cc(F)cc(F)c2)NC=O)c1. The van der Waals surface area contributed by atoms with E-state index in [9.17, 15) is 23.5 Å². The molecule has 1 heterocycles. The fourth-order valence-electron chi connectivity index (χ4n) is 4.26. The number of carbonyl (C=O) groups excluding carboxylic acids is 2. The third kappa shape index (κ3) is 13.6. The Morgan fingerprint density at radius 2 is 1.66 bits per heavy atom. The van der Waals surface area contributed by atoms with Crippen LogP contribution in [0.5, 0.6) is 5.75 Å². The zero-order valence-electron chi connectivity index (χ0n) is 27.6. The summed E-state index contributed by atoms with van der Waals surface area (Å²) < 4.78 is 27.1. The molecule has 0 aliphatic carbocycles. The van der Waals surface area contributed by atoms with Gasteiger partial charge in [0, 0.05) is 53.0 Å². The van der Waals surface area contributed by atoms with Crippen LogP contribution in [0, 0.1) is 17.0 Å². The largest absolute Gasteiger partial charge is 0.508 e. The predicted molar refractivity (Wildman–Crippen MR) is 188 cm³/mol. The Labute approximate surface area is 276 Å². The Bertz CT molecular complexity index is 1550. The lowest BCUT2D eigenvalue weighted by Gasteiger charge is -2.19. The lowest BCUT2D eigenvalue weighted by Crippen LogP contribution is -2.23. The zero-order chi connectivity index (χ0) is 35.9. The number of phenolic OH excluding ortho intramolecular Hbond substituents is 1. The molecule has 2 amide bonds. The Balaban J connectivity index is 0.000000933. The van der Waals surface area contributed by atoms with Gasteiger partial charge in [-0.25, -0.2) is 8.78 Å². The van der Waals surface area contributed by atoms with Crippen molar-refractivity contribution in [3.8, 4) is 16.9 Å². The van der Waals surface area contributed by atoms with Gasteiger partial charge in [-0.1, -0.05) is 32.0 Å². The van der Waals surface area contributed by atoms with E-state index >= 15 is 0 Å². The molecule has 0 bridgehead atoms. The molecule has 4 aromatic rings. The summed E-state index contributed by atoms with van der Waals surface area (Å²) >= 11 is 0. The number of primary amides is 1. The van der Waals surface area contributed by atoms with Gasteiger partial charge in [-0.3, -0.25) is 14.6 Å². The van der Waals surface area contributed by atoms with Crippen molar-refractivity contribution in [3.05, 3.63) is 126 Å². The van der Waals surface area contributed by atoms with Crippen LogP contribution in [0.3, 0.4) is 0 Å². The van der Waals surface area contributed by atoms with Gasteiger partial charge in [-0.05, 0) is 80.9 Å². The van der Waals surface area contributed by atoms with E-state index in [1.54, 1.807) is 67.7 Å². The Kier molecular flexibility index (Phi) is 20.3.